The number of thioether (sulfide) groups is 1. The smallest absolute Gasteiger partial charge is 0.239 e. The van der Waals surface area contributed by atoms with Gasteiger partial charge in [-0.25, -0.2) is 0 Å². The van der Waals surface area contributed by atoms with Crippen molar-refractivity contribution in [2.24, 2.45) is 5.92 Å². The van der Waals surface area contributed by atoms with E-state index in [1.807, 2.05) is 23.6 Å². The van der Waals surface area contributed by atoms with Gasteiger partial charge in [0.2, 0.25) is 5.91 Å². The summed E-state index contributed by atoms with van der Waals surface area (Å²) in [6, 6.07) is 0.0801. The van der Waals surface area contributed by atoms with E-state index in [1.54, 1.807) is 0 Å². The van der Waals surface area contributed by atoms with Gasteiger partial charge in [0.25, 0.3) is 0 Å². The second-order valence-corrected chi connectivity index (χ2v) is 5.15. The molecule has 0 aliphatic carbocycles. The third-order valence-corrected chi connectivity index (χ3v) is 3.63. The monoisotopic (exact) mass is 230 g/mol. The van der Waals surface area contributed by atoms with Crippen molar-refractivity contribution in [3.63, 3.8) is 0 Å². The number of likely N-dealkylation sites (tertiary alicyclic amines) is 1. The molecule has 1 aliphatic rings. The number of carbonyl (C=O) groups is 1. The van der Waals surface area contributed by atoms with Crippen LogP contribution in [0.15, 0.2) is 0 Å². The van der Waals surface area contributed by atoms with Crippen LogP contribution in [-0.2, 0) is 4.79 Å². The number of hydrogen-bond donors (Lipinski definition) is 1. The molecule has 2 unspecified atom stereocenters. The maximum atomic E-state index is 11.9. The molecule has 0 aromatic rings. The molecule has 1 heterocycles. The molecule has 0 aromatic heterocycles. The molecule has 2 atom stereocenters. The van der Waals surface area contributed by atoms with E-state index < -0.39 is 0 Å². The second-order valence-electron chi connectivity index (χ2n) is 4.24. The number of likely N-dealkylation sites (N-methyl/N-ethyl adjacent to an activating group) is 1. The lowest BCUT2D eigenvalue weighted by atomic mass is 10.2. The van der Waals surface area contributed by atoms with E-state index in [0.29, 0.717) is 11.8 Å². The van der Waals surface area contributed by atoms with Crippen LogP contribution < -0.4 is 5.32 Å². The molecule has 3 nitrogen and oxygen atoms in total. The molecule has 88 valence electrons. The maximum Gasteiger partial charge on any atom is 0.239 e. The molecule has 0 radical (unpaired) electrons. The summed E-state index contributed by atoms with van der Waals surface area (Å²) >= 11 is 1.85. The minimum atomic E-state index is 0.0801. The first-order chi connectivity index (χ1) is 7.19. The van der Waals surface area contributed by atoms with Crippen LogP contribution in [0.3, 0.4) is 0 Å². The minimum absolute atomic E-state index is 0.0801. The second kappa shape index (κ2) is 6.38. The number of nitrogens with zero attached hydrogens (tertiary/aromatic N) is 1. The molecule has 1 rings (SSSR count). The van der Waals surface area contributed by atoms with Crippen molar-refractivity contribution in [3.8, 4) is 0 Å². The maximum absolute atomic E-state index is 11.9. The van der Waals surface area contributed by atoms with Crippen molar-refractivity contribution in [3.05, 3.63) is 0 Å². The molecule has 1 N–H and O–H groups in total. The molecular weight excluding hydrogens is 208 g/mol. The number of amides is 1. The minimum Gasteiger partial charge on any atom is -0.341 e. The number of nitrogens with one attached hydrogen (secondary N) is 1. The summed E-state index contributed by atoms with van der Waals surface area (Å²) in [6.45, 7) is 6.98. The average molecular weight is 230 g/mol. The standard InChI is InChI=1S/C11H22N2OS/c1-4-12-10-5-6-13(11(10)14)7-9(2)8-15-3/h9-10,12H,4-8H2,1-3H3. The summed E-state index contributed by atoms with van der Waals surface area (Å²) in [5.41, 5.74) is 0. The summed E-state index contributed by atoms with van der Waals surface area (Å²) in [7, 11) is 0. The Kier molecular flexibility index (Phi) is 5.47. The van der Waals surface area contributed by atoms with Gasteiger partial charge in [-0.2, -0.15) is 11.8 Å². The van der Waals surface area contributed by atoms with E-state index in [9.17, 15) is 4.79 Å². The van der Waals surface area contributed by atoms with Crippen LogP contribution in [0.2, 0.25) is 0 Å². The van der Waals surface area contributed by atoms with Crippen LogP contribution in [0, 0.1) is 5.92 Å². The quantitative estimate of drug-likeness (QED) is 0.744. The topological polar surface area (TPSA) is 32.3 Å². The first-order valence-electron chi connectivity index (χ1n) is 5.70. The van der Waals surface area contributed by atoms with Gasteiger partial charge >= 0.3 is 0 Å². The van der Waals surface area contributed by atoms with E-state index in [-0.39, 0.29) is 6.04 Å². The molecule has 15 heavy (non-hydrogen) atoms. The zero-order chi connectivity index (χ0) is 11.3. The summed E-state index contributed by atoms with van der Waals surface area (Å²) in [5, 5.41) is 3.23. The summed E-state index contributed by atoms with van der Waals surface area (Å²) in [4.78, 5) is 13.9. The molecule has 0 aromatic carbocycles. The Labute approximate surface area is 97.0 Å². The largest absolute Gasteiger partial charge is 0.341 e. The van der Waals surface area contributed by atoms with Gasteiger partial charge in [-0.3, -0.25) is 4.79 Å². The Morgan fingerprint density at radius 1 is 1.67 bits per heavy atom. The Morgan fingerprint density at radius 3 is 3.00 bits per heavy atom. The Balaban J connectivity index is 2.35. The predicted octanol–water partition coefficient (Wildman–Crippen LogP) is 1.20. The molecule has 0 spiro atoms. The molecule has 1 fully saturated rings. The van der Waals surface area contributed by atoms with Crippen LogP contribution in [0.25, 0.3) is 0 Å². The van der Waals surface area contributed by atoms with Gasteiger partial charge in [-0.05, 0) is 30.9 Å². The number of hydrogen-bond acceptors (Lipinski definition) is 3. The Bertz CT molecular complexity index is 211. The van der Waals surface area contributed by atoms with Gasteiger partial charge in [-0.1, -0.05) is 13.8 Å². The highest BCUT2D eigenvalue weighted by molar-refractivity contribution is 7.98. The molecule has 1 aliphatic heterocycles. The van der Waals surface area contributed by atoms with Crippen LogP contribution in [-0.4, -0.2) is 48.5 Å². The molecule has 1 amide bonds. The van der Waals surface area contributed by atoms with Crippen LogP contribution in [0.5, 0.6) is 0 Å². The SMILES string of the molecule is CCNC1CCN(CC(C)CSC)C1=O. The highest BCUT2D eigenvalue weighted by Crippen LogP contribution is 2.14. The Morgan fingerprint density at radius 2 is 2.40 bits per heavy atom. The van der Waals surface area contributed by atoms with Gasteiger partial charge in [-0.15, -0.1) is 0 Å². The van der Waals surface area contributed by atoms with Gasteiger partial charge in [0, 0.05) is 13.1 Å². The van der Waals surface area contributed by atoms with Gasteiger partial charge in [0.1, 0.15) is 0 Å². The van der Waals surface area contributed by atoms with E-state index >= 15 is 0 Å². The van der Waals surface area contributed by atoms with E-state index in [4.69, 9.17) is 0 Å². The first-order valence-corrected chi connectivity index (χ1v) is 7.09. The highest BCUT2D eigenvalue weighted by Gasteiger charge is 2.31. The fourth-order valence-electron chi connectivity index (χ4n) is 2.07. The molecule has 4 heteroatoms. The lowest BCUT2D eigenvalue weighted by Crippen LogP contribution is -2.39. The van der Waals surface area contributed by atoms with Crippen LogP contribution >= 0.6 is 11.8 Å². The zero-order valence-corrected chi connectivity index (χ0v) is 10.8. The third kappa shape index (κ3) is 3.68. The Hall–Kier alpha value is -0.220. The normalized spacial score (nSPS) is 23.5. The van der Waals surface area contributed by atoms with E-state index in [1.165, 1.54) is 0 Å². The van der Waals surface area contributed by atoms with Crippen molar-refractivity contribution >= 4 is 17.7 Å². The predicted molar refractivity (Wildman–Crippen MR) is 66.2 cm³/mol. The zero-order valence-electron chi connectivity index (χ0n) is 9.95. The average Bonchev–Trinajstić information content (AvgIpc) is 2.51. The molecule has 0 bridgehead atoms. The van der Waals surface area contributed by atoms with Crippen LogP contribution in [0.4, 0.5) is 0 Å². The lowest BCUT2D eigenvalue weighted by Gasteiger charge is -2.20. The van der Waals surface area contributed by atoms with E-state index in [2.05, 4.69) is 18.5 Å². The van der Waals surface area contributed by atoms with Crippen molar-refractivity contribution in [1.82, 2.24) is 10.2 Å². The van der Waals surface area contributed by atoms with E-state index in [0.717, 1.165) is 31.8 Å². The van der Waals surface area contributed by atoms with Crippen molar-refractivity contribution in [1.29, 1.82) is 0 Å². The fraction of sp³-hybridized carbons (Fsp3) is 0.909. The first kappa shape index (κ1) is 12.8. The summed E-state index contributed by atoms with van der Waals surface area (Å²) in [5.74, 6) is 2.03. The van der Waals surface area contributed by atoms with Crippen LogP contribution in [0.1, 0.15) is 20.3 Å². The summed E-state index contributed by atoms with van der Waals surface area (Å²) < 4.78 is 0. The lowest BCUT2D eigenvalue weighted by molar-refractivity contribution is -0.129. The fourth-order valence-corrected chi connectivity index (χ4v) is 2.74. The molecule has 0 saturated carbocycles. The van der Waals surface area contributed by atoms with Gasteiger partial charge < -0.3 is 10.2 Å². The summed E-state index contributed by atoms with van der Waals surface area (Å²) in [6.07, 6.45) is 3.09. The molecule has 1 saturated heterocycles. The molecular formula is C11H22N2OS. The number of rotatable bonds is 6. The van der Waals surface area contributed by atoms with Crippen molar-refractivity contribution in [2.75, 3.05) is 31.6 Å². The van der Waals surface area contributed by atoms with Gasteiger partial charge in [0.05, 0.1) is 6.04 Å². The third-order valence-electron chi connectivity index (χ3n) is 2.73. The highest BCUT2D eigenvalue weighted by atomic mass is 32.2. The van der Waals surface area contributed by atoms with Crippen molar-refractivity contribution in [2.45, 2.75) is 26.3 Å². The number of carbonyl (C=O) groups excluding carboxylic acids is 1. The van der Waals surface area contributed by atoms with Gasteiger partial charge in [0.15, 0.2) is 0 Å². The van der Waals surface area contributed by atoms with Crippen molar-refractivity contribution < 1.29 is 4.79 Å².